The molecule has 1 aliphatic rings. The van der Waals surface area contributed by atoms with Gasteiger partial charge < -0.3 is 19.6 Å². The SMILES string of the molecule is Cc1c(-c2cc3ccccc3n2Cc2ccc(F)cn2)nc2cc(C(=O)N3CCC[C@@H](N)C3)ccn12. The Labute approximate surface area is 208 Å². The van der Waals surface area contributed by atoms with E-state index in [9.17, 15) is 9.18 Å². The highest BCUT2D eigenvalue weighted by Crippen LogP contribution is 2.31. The van der Waals surface area contributed by atoms with Crippen LogP contribution in [0.15, 0.2) is 67.0 Å². The van der Waals surface area contributed by atoms with Gasteiger partial charge in [0.2, 0.25) is 0 Å². The molecule has 1 atom stereocenters. The summed E-state index contributed by atoms with van der Waals surface area (Å²) in [6.07, 6.45) is 5.03. The summed E-state index contributed by atoms with van der Waals surface area (Å²) in [6, 6.07) is 17.1. The molecule has 4 aromatic heterocycles. The standard InChI is InChI=1S/C28H27FN6O/c1-18-27(32-26-14-20(10-12-34(18)26)28(36)33-11-4-6-22(30)16-33)25-13-19-5-2-3-7-24(19)35(25)17-23-9-8-21(29)15-31-23/h2-3,5,7-10,12-15,22H,4,6,11,16-17,30H2,1H3/t22-/m1/s1. The summed E-state index contributed by atoms with van der Waals surface area (Å²) in [5.41, 5.74) is 12.0. The number of piperidine rings is 1. The molecule has 1 saturated heterocycles. The van der Waals surface area contributed by atoms with Gasteiger partial charge in [-0.15, -0.1) is 0 Å². The Morgan fingerprint density at radius 1 is 1.17 bits per heavy atom. The zero-order valence-corrected chi connectivity index (χ0v) is 20.1. The topological polar surface area (TPSA) is 81.5 Å². The molecule has 0 aliphatic carbocycles. The van der Waals surface area contributed by atoms with Gasteiger partial charge in [0, 0.05) is 47.5 Å². The number of amides is 1. The average molecular weight is 483 g/mol. The highest BCUT2D eigenvalue weighted by Gasteiger charge is 2.24. The lowest BCUT2D eigenvalue weighted by molar-refractivity contribution is 0.0709. The van der Waals surface area contributed by atoms with Crippen molar-refractivity contribution in [1.29, 1.82) is 0 Å². The number of carbonyl (C=O) groups is 1. The Morgan fingerprint density at radius 2 is 2.03 bits per heavy atom. The smallest absolute Gasteiger partial charge is 0.254 e. The number of fused-ring (bicyclic) bond motifs is 2. The van der Waals surface area contributed by atoms with E-state index in [4.69, 9.17) is 10.7 Å². The van der Waals surface area contributed by atoms with E-state index in [0.717, 1.165) is 53.1 Å². The van der Waals surface area contributed by atoms with Crippen molar-refractivity contribution in [2.24, 2.45) is 5.73 Å². The van der Waals surface area contributed by atoms with Crippen LogP contribution in [0.5, 0.6) is 0 Å². The number of benzene rings is 1. The number of rotatable bonds is 4. The van der Waals surface area contributed by atoms with Gasteiger partial charge in [0.1, 0.15) is 17.2 Å². The number of aryl methyl sites for hydroxylation is 1. The van der Waals surface area contributed by atoms with Gasteiger partial charge in [0.15, 0.2) is 0 Å². The summed E-state index contributed by atoms with van der Waals surface area (Å²) in [6.45, 7) is 3.82. The van der Waals surface area contributed by atoms with Gasteiger partial charge in [-0.05, 0) is 56.2 Å². The van der Waals surface area contributed by atoms with Gasteiger partial charge in [0.25, 0.3) is 5.91 Å². The third-order valence-electron chi connectivity index (χ3n) is 7.02. The van der Waals surface area contributed by atoms with Gasteiger partial charge >= 0.3 is 0 Å². The normalized spacial score (nSPS) is 16.2. The maximum absolute atomic E-state index is 13.4. The van der Waals surface area contributed by atoms with E-state index >= 15 is 0 Å². The quantitative estimate of drug-likeness (QED) is 0.411. The number of para-hydroxylation sites is 1. The fourth-order valence-corrected chi connectivity index (χ4v) is 5.16. The molecule has 1 amide bonds. The molecule has 5 aromatic rings. The highest BCUT2D eigenvalue weighted by molar-refractivity contribution is 5.95. The second-order valence-electron chi connectivity index (χ2n) is 9.49. The van der Waals surface area contributed by atoms with Crippen molar-refractivity contribution in [3.63, 3.8) is 0 Å². The van der Waals surface area contributed by atoms with Gasteiger partial charge in [-0.2, -0.15) is 0 Å². The number of hydrogen-bond acceptors (Lipinski definition) is 4. The van der Waals surface area contributed by atoms with Crippen LogP contribution in [0.1, 0.15) is 34.6 Å². The largest absolute Gasteiger partial charge is 0.337 e. The zero-order chi connectivity index (χ0) is 24.8. The van der Waals surface area contributed by atoms with Crippen molar-refractivity contribution < 1.29 is 9.18 Å². The minimum atomic E-state index is -0.357. The molecular weight excluding hydrogens is 455 g/mol. The average Bonchev–Trinajstić information content (AvgIpc) is 3.42. The second-order valence-corrected chi connectivity index (χ2v) is 9.49. The van der Waals surface area contributed by atoms with Crippen molar-refractivity contribution in [1.82, 2.24) is 23.8 Å². The van der Waals surface area contributed by atoms with Crippen molar-refractivity contribution in [3.05, 3.63) is 89.8 Å². The lowest BCUT2D eigenvalue weighted by Crippen LogP contribution is -2.45. The van der Waals surface area contributed by atoms with Crippen LogP contribution in [-0.4, -0.2) is 48.9 Å². The van der Waals surface area contributed by atoms with Gasteiger partial charge in [-0.3, -0.25) is 9.78 Å². The molecule has 182 valence electrons. The maximum atomic E-state index is 13.4. The number of nitrogens with two attached hydrogens (primary N) is 1. The van der Waals surface area contributed by atoms with E-state index in [1.165, 1.54) is 12.3 Å². The molecule has 0 bridgehead atoms. The first-order valence-corrected chi connectivity index (χ1v) is 12.2. The van der Waals surface area contributed by atoms with Crippen molar-refractivity contribution >= 4 is 22.5 Å². The van der Waals surface area contributed by atoms with Crippen LogP contribution < -0.4 is 5.73 Å². The molecule has 1 fully saturated rings. The first-order valence-electron chi connectivity index (χ1n) is 12.2. The molecule has 0 radical (unpaired) electrons. The van der Waals surface area contributed by atoms with Gasteiger partial charge in [0.05, 0.1) is 24.1 Å². The molecule has 36 heavy (non-hydrogen) atoms. The van der Waals surface area contributed by atoms with Crippen molar-refractivity contribution in [3.8, 4) is 11.4 Å². The Bertz CT molecular complexity index is 1590. The summed E-state index contributed by atoms with van der Waals surface area (Å²) in [7, 11) is 0. The Balaban J connectivity index is 1.42. The minimum Gasteiger partial charge on any atom is -0.337 e. The summed E-state index contributed by atoms with van der Waals surface area (Å²) < 4.78 is 17.6. The van der Waals surface area contributed by atoms with E-state index in [-0.39, 0.29) is 17.8 Å². The zero-order valence-electron chi connectivity index (χ0n) is 20.1. The number of aromatic nitrogens is 4. The predicted octanol–water partition coefficient (Wildman–Crippen LogP) is 4.41. The Kier molecular flexibility index (Phi) is 5.53. The fraction of sp³-hybridized carbons (Fsp3) is 0.250. The van der Waals surface area contributed by atoms with Crippen LogP contribution in [0.25, 0.3) is 27.9 Å². The number of likely N-dealkylation sites (tertiary alicyclic amines) is 1. The number of nitrogens with zero attached hydrogens (tertiary/aromatic N) is 5. The van der Waals surface area contributed by atoms with Crippen LogP contribution in [0.4, 0.5) is 4.39 Å². The predicted molar refractivity (Wildman–Crippen MR) is 137 cm³/mol. The maximum Gasteiger partial charge on any atom is 0.254 e. The minimum absolute atomic E-state index is 0.00801. The second kappa shape index (κ2) is 8.87. The lowest BCUT2D eigenvalue weighted by atomic mass is 10.1. The van der Waals surface area contributed by atoms with Crippen LogP contribution in [0.2, 0.25) is 0 Å². The van der Waals surface area contributed by atoms with Crippen LogP contribution in [0.3, 0.4) is 0 Å². The Morgan fingerprint density at radius 3 is 2.83 bits per heavy atom. The highest BCUT2D eigenvalue weighted by atomic mass is 19.1. The molecule has 8 heteroatoms. The van der Waals surface area contributed by atoms with Crippen LogP contribution >= 0.6 is 0 Å². The summed E-state index contributed by atoms with van der Waals surface area (Å²) in [5.74, 6) is -0.365. The number of pyridine rings is 2. The molecule has 7 nitrogen and oxygen atoms in total. The summed E-state index contributed by atoms with van der Waals surface area (Å²) in [5, 5.41) is 1.09. The van der Waals surface area contributed by atoms with E-state index < -0.39 is 0 Å². The summed E-state index contributed by atoms with van der Waals surface area (Å²) in [4.78, 5) is 24.2. The Hall–Kier alpha value is -4.04. The monoisotopic (exact) mass is 482 g/mol. The molecule has 1 aliphatic heterocycles. The first-order chi connectivity index (χ1) is 17.5. The molecule has 0 spiro atoms. The van der Waals surface area contributed by atoms with Crippen LogP contribution in [-0.2, 0) is 6.54 Å². The molecule has 0 saturated carbocycles. The number of hydrogen-bond donors (Lipinski definition) is 1. The fourth-order valence-electron chi connectivity index (χ4n) is 5.16. The number of carbonyl (C=O) groups excluding carboxylic acids is 1. The van der Waals surface area contributed by atoms with Crippen LogP contribution in [0, 0.1) is 12.7 Å². The lowest BCUT2D eigenvalue weighted by Gasteiger charge is -2.30. The van der Waals surface area contributed by atoms with Crippen molar-refractivity contribution in [2.75, 3.05) is 13.1 Å². The molecule has 5 heterocycles. The number of imidazole rings is 1. The first kappa shape index (κ1) is 22.4. The van der Waals surface area contributed by atoms with E-state index in [1.54, 1.807) is 6.07 Å². The molecule has 6 rings (SSSR count). The van der Waals surface area contributed by atoms with Crippen molar-refractivity contribution in [2.45, 2.75) is 32.4 Å². The van der Waals surface area contributed by atoms with E-state index in [2.05, 4.69) is 27.8 Å². The summed E-state index contributed by atoms with van der Waals surface area (Å²) >= 11 is 0. The third kappa shape index (κ3) is 3.93. The molecular formula is C28H27FN6O. The van der Waals surface area contributed by atoms with E-state index in [1.807, 2.05) is 46.7 Å². The van der Waals surface area contributed by atoms with Gasteiger partial charge in [-0.1, -0.05) is 18.2 Å². The molecule has 1 aromatic carbocycles. The van der Waals surface area contributed by atoms with Gasteiger partial charge in [-0.25, -0.2) is 9.37 Å². The third-order valence-corrected chi connectivity index (χ3v) is 7.02. The molecule has 2 N–H and O–H groups in total. The number of halogens is 1. The van der Waals surface area contributed by atoms with E-state index in [0.29, 0.717) is 24.3 Å². The molecule has 0 unspecified atom stereocenters.